The molecule has 1 amide bonds. The molecule has 0 bridgehead atoms. The van der Waals surface area contributed by atoms with Crippen LogP contribution in [0.3, 0.4) is 0 Å². The molecule has 4 nitrogen and oxygen atoms in total. The summed E-state index contributed by atoms with van der Waals surface area (Å²) in [5.41, 5.74) is 2.79. The molecule has 1 aromatic carbocycles. The normalized spacial score (nSPS) is 11.0. The van der Waals surface area contributed by atoms with Crippen molar-refractivity contribution in [2.24, 2.45) is 5.92 Å². The highest BCUT2D eigenvalue weighted by atomic mass is 16.3. The van der Waals surface area contributed by atoms with Gasteiger partial charge in [0.05, 0.1) is 0 Å². The first-order valence-electron chi connectivity index (χ1n) is 5.76. The number of hydrogen-bond acceptors (Lipinski definition) is 3. The number of hydrogen-bond donors (Lipinski definition) is 1. The molecule has 90 valence electrons. The van der Waals surface area contributed by atoms with Crippen molar-refractivity contribution in [1.82, 2.24) is 10.3 Å². The average molecular weight is 232 g/mol. The van der Waals surface area contributed by atoms with Gasteiger partial charge in [0.2, 0.25) is 5.91 Å². The molecule has 0 atom stereocenters. The van der Waals surface area contributed by atoms with Gasteiger partial charge in [-0.3, -0.25) is 4.79 Å². The predicted octanol–water partition coefficient (Wildman–Crippen LogP) is 2.14. The lowest BCUT2D eigenvalue weighted by Crippen LogP contribution is -2.29. The van der Waals surface area contributed by atoms with Gasteiger partial charge in [-0.1, -0.05) is 19.9 Å². The number of nitrogens with one attached hydrogen (secondary N) is 1. The van der Waals surface area contributed by atoms with E-state index < -0.39 is 0 Å². The van der Waals surface area contributed by atoms with Crippen molar-refractivity contribution in [2.45, 2.75) is 20.3 Å². The molecule has 17 heavy (non-hydrogen) atoms. The van der Waals surface area contributed by atoms with Gasteiger partial charge in [-0.2, -0.15) is 0 Å². The van der Waals surface area contributed by atoms with Crippen LogP contribution in [0.2, 0.25) is 0 Å². The molecule has 0 saturated heterocycles. The van der Waals surface area contributed by atoms with E-state index in [9.17, 15) is 4.79 Å². The third-order valence-corrected chi connectivity index (χ3v) is 2.63. The first kappa shape index (κ1) is 11.6. The molecule has 0 aliphatic heterocycles. The maximum absolute atomic E-state index is 11.4. The topological polar surface area (TPSA) is 55.1 Å². The molecule has 4 heteroatoms. The maximum atomic E-state index is 11.4. The standard InChI is InChI=1S/C13H16N2O2/c1-9(2)13(16)14-6-5-10-3-4-11-12(7-10)17-8-15-11/h3-4,7-9H,5-6H2,1-2H3,(H,14,16). The average Bonchev–Trinajstić information content (AvgIpc) is 2.75. The number of amides is 1. The van der Waals surface area contributed by atoms with Gasteiger partial charge in [0.15, 0.2) is 12.0 Å². The zero-order valence-corrected chi connectivity index (χ0v) is 10.1. The quantitative estimate of drug-likeness (QED) is 0.878. The van der Waals surface area contributed by atoms with E-state index in [0.717, 1.165) is 23.1 Å². The Bertz CT molecular complexity index is 517. The van der Waals surface area contributed by atoms with Crippen molar-refractivity contribution in [3.05, 3.63) is 30.2 Å². The molecule has 0 fully saturated rings. The van der Waals surface area contributed by atoms with Gasteiger partial charge in [0.25, 0.3) is 0 Å². The monoisotopic (exact) mass is 232 g/mol. The van der Waals surface area contributed by atoms with Gasteiger partial charge in [0, 0.05) is 12.5 Å². The van der Waals surface area contributed by atoms with Crippen LogP contribution in [0.25, 0.3) is 11.1 Å². The van der Waals surface area contributed by atoms with Gasteiger partial charge < -0.3 is 9.73 Å². The number of fused-ring (bicyclic) bond motifs is 1. The van der Waals surface area contributed by atoms with Crippen molar-refractivity contribution >= 4 is 17.0 Å². The molecule has 1 aromatic heterocycles. The molecule has 2 aromatic rings. The predicted molar refractivity (Wildman–Crippen MR) is 65.6 cm³/mol. The minimum atomic E-state index is 0.0340. The van der Waals surface area contributed by atoms with Crippen molar-refractivity contribution in [3.8, 4) is 0 Å². The molecule has 1 heterocycles. The molecule has 0 unspecified atom stereocenters. The summed E-state index contributed by atoms with van der Waals surface area (Å²) in [4.78, 5) is 15.4. The molecule has 0 spiro atoms. The Morgan fingerprint density at radius 3 is 3.06 bits per heavy atom. The molecule has 1 N–H and O–H groups in total. The van der Waals surface area contributed by atoms with Crippen molar-refractivity contribution < 1.29 is 9.21 Å². The minimum Gasteiger partial charge on any atom is -0.443 e. The van der Waals surface area contributed by atoms with Gasteiger partial charge >= 0.3 is 0 Å². The fourth-order valence-corrected chi connectivity index (χ4v) is 1.59. The number of benzene rings is 1. The van der Waals surface area contributed by atoms with Crippen LogP contribution in [0, 0.1) is 5.92 Å². The first-order valence-corrected chi connectivity index (χ1v) is 5.76. The third kappa shape index (κ3) is 2.84. The molecule has 0 radical (unpaired) electrons. The summed E-state index contributed by atoms with van der Waals surface area (Å²) >= 11 is 0. The molecule has 0 aliphatic rings. The summed E-state index contributed by atoms with van der Waals surface area (Å²) in [6.07, 6.45) is 2.24. The van der Waals surface area contributed by atoms with Crippen LogP contribution in [0.4, 0.5) is 0 Å². The number of aromatic nitrogens is 1. The molecular weight excluding hydrogens is 216 g/mol. The van der Waals surface area contributed by atoms with E-state index in [1.807, 2.05) is 32.0 Å². The lowest BCUT2D eigenvalue weighted by Gasteiger charge is -2.07. The van der Waals surface area contributed by atoms with Crippen LogP contribution < -0.4 is 5.32 Å². The first-order chi connectivity index (χ1) is 8.16. The number of carbonyl (C=O) groups excluding carboxylic acids is 1. The zero-order chi connectivity index (χ0) is 12.3. The van der Waals surface area contributed by atoms with Crippen molar-refractivity contribution in [2.75, 3.05) is 6.54 Å². The molecule has 0 saturated carbocycles. The van der Waals surface area contributed by atoms with Crippen LogP contribution in [0.1, 0.15) is 19.4 Å². The number of oxazole rings is 1. The summed E-state index contributed by atoms with van der Waals surface area (Å²) in [5.74, 6) is 0.123. The highest BCUT2D eigenvalue weighted by Crippen LogP contribution is 2.14. The Kier molecular flexibility index (Phi) is 3.42. The van der Waals surface area contributed by atoms with Crippen LogP contribution in [0.15, 0.2) is 29.0 Å². The van der Waals surface area contributed by atoms with Gasteiger partial charge in [-0.15, -0.1) is 0 Å². The zero-order valence-electron chi connectivity index (χ0n) is 10.1. The summed E-state index contributed by atoms with van der Waals surface area (Å²) < 4.78 is 5.23. The smallest absolute Gasteiger partial charge is 0.222 e. The Labute approximate surface area is 100 Å². The fourth-order valence-electron chi connectivity index (χ4n) is 1.59. The number of nitrogens with zero attached hydrogens (tertiary/aromatic N) is 1. The minimum absolute atomic E-state index is 0.0340. The summed E-state index contributed by atoms with van der Waals surface area (Å²) in [7, 11) is 0. The van der Waals surface area contributed by atoms with E-state index in [1.165, 1.54) is 6.39 Å². The number of carbonyl (C=O) groups is 1. The second-order valence-corrected chi connectivity index (χ2v) is 4.35. The van der Waals surface area contributed by atoms with Crippen LogP contribution in [-0.2, 0) is 11.2 Å². The van der Waals surface area contributed by atoms with Gasteiger partial charge in [0.1, 0.15) is 5.52 Å². The Morgan fingerprint density at radius 1 is 1.47 bits per heavy atom. The highest BCUT2D eigenvalue weighted by Gasteiger charge is 2.05. The Balaban J connectivity index is 1.92. The van der Waals surface area contributed by atoms with E-state index >= 15 is 0 Å². The van der Waals surface area contributed by atoms with E-state index in [1.54, 1.807) is 0 Å². The molecule has 2 rings (SSSR count). The summed E-state index contributed by atoms with van der Waals surface area (Å²) in [6, 6.07) is 5.90. The molecule has 0 aliphatic carbocycles. The van der Waals surface area contributed by atoms with E-state index in [2.05, 4.69) is 10.3 Å². The Hall–Kier alpha value is -1.84. The lowest BCUT2D eigenvalue weighted by molar-refractivity contribution is -0.123. The van der Waals surface area contributed by atoms with Gasteiger partial charge in [-0.25, -0.2) is 4.98 Å². The fraction of sp³-hybridized carbons (Fsp3) is 0.385. The lowest BCUT2D eigenvalue weighted by atomic mass is 10.1. The second-order valence-electron chi connectivity index (χ2n) is 4.35. The maximum Gasteiger partial charge on any atom is 0.222 e. The largest absolute Gasteiger partial charge is 0.443 e. The van der Waals surface area contributed by atoms with E-state index in [4.69, 9.17) is 4.42 Å². The van der Waals surface area contributed by atoms with Crippen LogP contribution >= 0.6 is 0 Å². The van der Waals surface area contributed by atoms with Crippen LogP contribution in [-0.4, -0.2) is 17.4 Å². The number of rotatable bonds is 4. The van der Waals surface area contributed by atoms with Crippen molar-refractivity contribution in [3.63, 3.8) is 0 Å². The van der Waals surface area contributed by atoms with Crippen molar-refractivity contribution in [1.29, 1.82) is 0 Å². The van der Waals surface area contributed by atoms with E-state index in [-0.39, 0.29) is 11.8 Å². The Morgan fingerprint density at radius 2 is 2.29 bits per heavy atom. The van der Waals surface area contributed by atoms with Gasteiger partial charge in [-0.05, 0) is 24.1 Å². The van der Waals surface area contributed by atoms with Crippen LogP contribution in [0.5, 0.6) is 0 Å². The summed E-state index contributed by atoms with van der Waals surface area (Å²) in [5, 5.41) is 2.89. The SMILES string of the molecule is CC(C)C(=O)NCCc1ccc2ncoc2c1. The summed E-state index contributed by atoms with van der Waals surface area (Å²) in [6.45, 7) is 4.42. The molecular formula is C13H16N2O2. The highest BCUT2D eigenvalue weighted by molar-refractivity contribution is 5.77. The van der Waals surface area contributed by atoms with E-state index in [0.29, 0.717) is 6.54 Å². The second kappa shape index (κ2) is 4.99. The third-order valence-electron chi connectivity index (χ3n) is 2.63.